The third kappa shape index (κ3) is 5.88. The summed E-state index contributed by atoms with van der Waals surface area (Å²) in [6.45, 7) is 18.8. The molecule has 1 rings (SSSR count). The maximum absolute atomic E-state index is 12.5. The van der Waals surface area contributed by atoms with Crippen LogP contribution in [0.3, 0.4) is 0 Å². The number of hydrogen-bond donors (Lipinski definition) is 2. The van der Waals surface area contributed by atoms with Crippen molar-refractivity contribution in [2.75, 3.05) is 0 Å². The quantitative estimate of drug-likeness (QED) is 0.727. The summed E-state index contributed by atoms with van der Waals surface area (Å²) >= 11 is 0. The van der Waals surface area contributed by atoms with E-state index in [9.17, 15) is 9.59 Å². The van der Waals surface area contributed by atoms with E-state index in [1.54, 1.807) is 27.7 Å². The first-order valence-corrected chi connectivity index (χ1v) is 9.21. The molecule has 0 aliphatic carbocycles. The van der Waals surface area contributed by atoms with Crippen LogP contribution < -0.4 is 10.6 Å². The molecule has 7 nitrogen and oxygen atoms in total. The Kier molecular flexibility index (Phi) is 6.80. The number of nitrogens with one attached hydrogen (secondary N) is 2. The zero-order valence-corrected chi connectivity index (χ0v) is 17.9. The van der Waals surface area contributed by atoms with Gasteiger partial charge >= 0.3 is 13.2 Å². The van der Waals surface area contributed by atoms with E-state index in [1.165, 1.54) is 0 Å². The van der Waals surface area contributed by atoms with E-state index in [-0.39, 0.29) is 17.8 Å². The Morgan fingerprint density at radius 1 is 0.962 bits per heavy atom. The number of alkyl carbamates (subject to hydrolysis) is 1. The molecule has 0 bridgehead atoms. The zero-order chi connectivity index (χ0) is 20.5. The first-order valence-electron chi connectivity index (χ1n) is 9.21. The summed E-state index contributed by atoms with van der Waals surface area (Å²) in [5.74, 6) is -0.571. The Balaban J connectivity index is 2.73. The van der Waals surface area contributed by atoms with Gasteiger partial charge in [0.2, 0.25) is 5.91 Å². The van der Waals surface area contributed by atoms with Crippen molar-refractivity contribution < 1.29 is 23.6 Å². The Morgan fingerprint density at radius 2 is 1.42 bits per heavy atom. The van der Waals surface area contributed by atoms with Gasteiger partial charge in [-0.2, -0.15) is 0 Å². The molecular weight excluding hydrogens is 335 g/mol. The normalized spacial score (nSPS) is 21.3. The highest BCUT2D eigenvalue weighted by Gasteiger charge is 2.54. The number of rotatable bonds is 5. The molecular formula is C18H35BN2O5. The van der Waals surface area contributed by atoms with Crippen LogP contribution in [-0.4, -0.2) is 47.9 Å². The summed E-state index contributed by atoms with van der Waals surface area (Å²) in [7, 11) is -0.558. The fourth-order valence-electron chi connectivity index (χ4n) is 2.42. The van der Waals surface area contributed by atoms with Gasteiger partial charge in [-0.25, -0.2) is 4.79 Å². The van der Waals surface area contributed by atoms with Gasteiger partial charge in [0.1, 0.15) is 11.6 Å². The molecule has 1 aliphatic heterocycles. The molecule has 1 aliphatic rings. The fourth-order valence-corrected chi connectivity index (χ4v) is 2.42. The van der Waals surface area contributed by atoms with Crippen molar-refractivity contribution in [1.29, 1.82) is 0 Å². The van der Waals surface area contributed by atoms with Crippen molar-refractivity contribution in [2.45, 2.75) is 98.0 Å². The zero-order valence-electron chi connectivity index (χ0n) is 17.9. The molecule has 0 aromatic carbocycles. The molecule has 8 heteroatoms. The third-order valence-electron chi connectivity index (χ3n) is 4.72. The van der Waals surface area contributed by atoms with Gasteiger partial charge in [-0.05, 0) is 61.3 Å². The van der Waals surface area contributed by atoms with Crippen molar-refractivity contribution in [3.8, 4) is 0 Å². The number of amides is 2. The van der Waals surface area contributed by atoms with Gasteiger partial charge < -0.3 is 24.7 Å². The molecule has 2 amide bonds. The molecule has 1 heterocycles. The van der Waals surface area contributed by atoms with Crippen LogP contribution in [0.4, 0.5) is 4.79 Å². The minimum absolute atomic E-state index is 0.0855. The molecule has 2 N–H and O–H groups in total. The minimum Gasteiger partial charge on any atom is -0.444 e. The van der Waals surface area contributed by atoms with Crippen LogP contribution in [0.15, 0.2) is 0 Å². The number of carbonyl (C=O) groups is 2. The van der Waals surface area contributed by atoms with E-state index in [2.05, 4.69) is 10.6 Å². The predicted octanol–water partition coefficient (Wildman–Crippen LogP) is 2.67. The molecule has 26 heavy (non-hydrogen) atoms. The summed E-state index contributed by atoms with van der Waals surface area (Å²) in [4.78, 5) is 24.4. The van der Waals surface area contributed by atoms with Crippen molar-refractivity contribution >= 4 is 19.1 Å². The second-order valence-corrected chi connectivity index (χ2v) is 9.27. The molecule has 0 spiro atoms. The summed E-state index contributed by atoms with van der Waals surface area (Å²) in [5, 5.41) is 5.49. The second-order valence-electron chi connectivity index (χ2n) is 9.27. The standard InChI is InChI=1S/C18H35BN2O5/c1-11(2)13(19-25-17(7,8)18(9,10)26-19)21-14(22)12(3)20-15(23)24-16(4,5)6/h11-13H,1-10H3,(H,20,23)(H,21,22). The highest BCUT2D eigenvalue weighted by molar-refractivity contribution is 6.48. The van der Waals surface area contributed by atoms with Gasteiger partial charge in [0.05, 0.1) is 17.1 Å². The molecule has 0 aromatic rings. The first kappa shape index (κ1) is 22.8. The van der Waals surface area contributed by atoms with Crippen LogP contribution in [0.25, 0.3) is 0 Å². The molecule has 1 fully saturated rings. The number of carbonyl (C=O) groups excluding carboxylic acids is 2. The van der Waals surface area contributed by atoms with E-state index in [0.717, 1.165) is 0 Å². The number of hydrogen-bond acceptors (Lipinski definition) is 5. The fraction of sp³-hybridized carbons (Fsp3) is 0.889. The molecule has 0 radical (unpaired) electrons. The lowest BCUT2D eigenvalue weighted by molar-refractivity contribution is -0.123. The summed E-state index contributed by atoms with van der Waals surface area (Å²) < 4.78 is 17.3. The maximum Gasteiger partial charge on any atom is 0.482 e. The SMILES string of the molecule is CC(NC(=O)OC(C)(C)C)C(=O)NC(B1OC(C)(C)C(C)(C)O1)C(C)C. The van der Waals surface area contributed by atoms with Crippen LogP contribution in [0, 0.1) is 5.92 Å². The predicted molar refractivity (Wildman–Crippen MR) is 102 cm³/mol. The smallest absolute Gasteiger partial charge is 0.444 e. The maximum atomic E-state index is 12.5. The lowest BCUT2D eigenvalue weighted by Crippen LogP contribution is -2.56. The summed E-state index contributed by atoms with van der Waals surface area (Å²) in [6, 6.07) is -0.742. The van der Waals surface area contributed by atoms with E-state index in [4.69, 9.17) is 14.0 Å². The van der Waals surface area contributed by atoms with Gasteiger partial charge in [-0.1, -0.05) is 13.8 Å². The van der Waals surface area contributed by atoms with Crippen LogP contribution >= 0.6 is 0 Å². The van der Waals surface area contributed by atoms with Crippen LogP contribution in [0.5, 0.6) is 0 Å². The average molecular weight is 370 g/mol. The van der Waals surface area contributed by atoms with Gasteiger partial charge in [-0.3, -0.25) is 4.79 Å². The topological polar surface area (TPSA) is 85.9 Å². The van der Waals surface area contributed by atoms with E-state index in [1.807, 2.05) is 41.5 Å². The lowest BCUT2D eigenvalue weighted by Gasteiger charge is -2.32. The van der Waals surface area contributed by atoms with Crippen molar-refractivity contribution in [1.82, 2.24) is 10.6 Å². The lowest BCUT2D eigenvalue weighted by atomic mass is 9.72. The van der Waals surface area contributed by atoms with Crippen LogP contribution in [0.1, 0.15) is 69.2 Å². The molecule has 1 saturated heterocycles. The first-order chi connectivity index (χ1) is 11.6. The van der Waals surface area contributed by atoms with E-state index in [0.29, 0.717) is 0 Å². The van der Waals surface area contributed by atoms with E-state index < -0.39 is 36.1 Å². The summed E-state index contributed by atoms with van der Waals surface area (Å²) in [5.41, 5.74) is -1.57. The summed E-state index contributed by atoms with van der Waals surface area (Å²) in [6.07, 6.45) is -0.628. The van der Waals surface area contributed by atoms with Crippen LogP contribution in [0.2, 0.25) is 0 Å². The van der Waals surface area contributed by atoms with Crippen LogP contribution in [-0.2, 0) is 18.8 Å². The minimum atomic E-state index is -0.742. The van der Waals surface area contributed by atoms with Crippen molar-refractivity contribution in [2.24, 2.45) is 5.92 Å². The van der Waals surface area contributed by atoms with Gasteiger partial charge in [0.25, 0.3) is 0 Å². The average Bonchev–Trinajstić information content (AvgIpc) is 2.61. The van der Waals surface area contributed by atoms with Crippen molar-refractivity contribution in [3.05, 3.63) is 0 Å². The molecule has 0 aromatic heterocycles. The third-order valence-corrected chi connectivity index (χ3v) is 4.72. The largest absolute Gasteiger partial charge is 0.482 e. The molecule has 150 valence electrons. The monoisotopic (exact) mass is 370 g/mol. The van der Waals surface area contributed by atoms with Crippen molar-refractivity contribution in [3.63, 3.8) is 0 Å². The highest BCUT2D eigenvalue weighted by Crippen LogP contribution is 2.38. The molecule has 0 saturated carbocycles. The van der Waals surface area contributed by atoms with Gasteiger partial charge in [-0.15, -0.1) is 0 Å². The second kappa shape index (κ2) is 7.76. The Hall–Kier alpha value is -1.28. The molecule has 2 unspecified atom stereocenters. The number of ether oxygens (including phenoxy) is 1. The highest BCUT2D eigenvalue weighted by atomic mass is 16.7. The Bertz CT molecular complexity index is 512. The Morgan fingerprint density at radius 3 is 1.81 bits per heavy atom. The van der Waals surface area contributed by atoms with Gasteiger partial charge in [0, 0.05) is 0 Å². The van der Waals surface area contributed by atoms with E-state index >= 15 is 0 Å². The van der Waals surface area contributed by atoms with Gasteiger partial charge in [0.15, 0.2) is 0 Å². The Labute approximate surface area is 158 Å². The molecule has 2 atom stereocenters.